The van der Waals surface area contributed by atoms with Crippen molar-refractivity contribution in [3.8, 4) is 5.75 Å². The van der Waals surface area contributed by atoms with Crippen molar-refractivity contribution in [1.82, 2.24) is 10.3 Å². The van der Waals surface area contributed by atoms with Crippen LogP contribution in [0, 0.1) is 0 Å². The number of nitrogens with zero attached hydrogens (tertiary/aromatic N) is 1. The zero-order valence-electron chi connectivity index (χ0n) is 12.9. The summed E-state index contributed by atoms with van der Waals surface area (Å²) < 4.78 is 10.5. The van der Waals surface area contributed by atoms with Crippen LogP contribution in [0.1, 0.15) is 26.3 Å². The van der Waals surface area contributed by atoms with Crippen LogP contribution in [-0.4, -0.2) is 36.6 Å². The molecule has 0 spiro atoms. The Morgan fingerprint density at radius 1 is 1.42 bits per heavy atom. The molecule has 0 saturated carbocycles. The Morgan fingerprint density at radius 3 is 3.00 bits per heavy atom. The average Bonchev–Trinajstić information content (AvgIpc) is 3.01. The second-order valence-corrected chi connectivity index (χ2v) is 5.67. The van der Waals surface area contributed by atoms with Gasteiger partial charge >= 0.3 is 5.97 Å². The summed E-state index contributed by atoms with van der Waals surface area (Å²) in [7, 11) is 1.34. The molecule has 1 aromatic carbocycles. The Kier molecular flexibility index (Phi) is 4.66. The van der Waals surface area contributed by atoms with Gasteiger partial charge in [0.25, 0.3) is 5.91 Å². The molecular formula is C17H15ClN2O4. The van der Waals surface area contributed by atoms with Crippen molar-refractivity contribution in [2.24, 2.45) is 0 Å². The Labute approximate surface area is 143 Å². The number of esters is 1. The first-order valence-electron chi connectivity index (χ1n) is 7.35. The van der Waals surface area contributed by atoms with Gasteiger partial charge in [-0.25, -0.2) is 9.78 Å². The summed E-state index contributed by atoms with van der Waals surface area (Å²) in [5, 5.41) is 2.95. The zero-order chi connectivity index (χ0) is 17.1. The third-order valence-corrected chi connectivity index (χ3v) is 4.02. The van der Waals surface area contributed by atoms with Crippen LogP contribution in [0.4, 0.5) is 0 Å². The van der Waals surface area contributed by atoms with Crippen LogP contribution < -0.4 is 10.1 Å². The molecule has 2 heterocycles. The number of hydrogen-bond acceptors (Lipinski definition) is 5. The van der Waals surface area contributed by atoms with E-state index in [9.17, 15) is 9.59 Å². The summed E-state index contributed by atoms with van der Waals surface area (Å²) in [6, 6.07) is 8.40. The van der Waals surface area contributed by atoms with Gasteiger partial charge in [-0.15, -0.1) is 0 Å². The van der Waals surface area contributed by atoms with Crippen molar-refractivity contribution >= 4 is 23.5 Å². The SMILES string of the molecule is COC(=O)c1ccc2c(c1)C[C@H](CNC(=O)c1cccnc1Cl)O2. The molecule has 7 heteroatoms. The standard InChI is InChI=1S/C17H15ClN2O4/c1-23-17(22)10-4-5-14-11(7-10)8-12(24-14)9-20-16(21)13-3-2-6-19-15(13)18/h2-7,12H,8-9H2,1H3,(H,20,21)/t12-/m1/s1. The van der Waals surface area contributed by atoms with Gasteiger partial charge in [-0.1, -0.05) is 11.6 Å². The third-order valence-electron chi connectivity index (χ3n) is 3.72. The van der Waals surface area contributed by atoms with Gasteiger partial charge in [0.1, 0.15) is 17.0 Å². The van der Waals surface area contributed by atoms with E-state index in [0.29, 0.717) is 29.8 Å². The van der Waals surface area contributed by atoms with E-state index in [4.69, 9.17) is 21.1 Å². The number of ether oxygens (including phenoxy) is 2. The highest BCUT2D eigenvalue weighted by molar-refractivity contribution is 6.32. The molecule has 0 bridgehead atoms. The molecule has 0 aliphatic carbocycles. The molecular weight excluding hydrogens is 332 g/mol. The summed E-state index contributed by atoms with van der Waals surface area (Å²) in [4.78, 5) is 27.6. The van der Waals surface area contributed by atoms with E-state index in [1.165, 1.54) is 13.3 Å². The lowest BCUT2D eigenvalue weighted by Crippen LogP contribution is -2.34. The first kappa shape index (κ1) is 16.3. The number of pyridine rings is 1. The van der Waals surface area contributed by atoms with Crippen molar-refractivity contribution in [2.75, 3.05) is 13.7 Å². The number of rotatable bonds is 4. The topological polar surface area (TPSA) is 77.5 Å². The second-order valence-electron chi connectivity index (χ2n) is 5.31. The molecule has 0 fully saturated rings. The number of methoxy groups -OCH3 is 1. The van der Waals surface area contributed by atoms with E-state index < -0.39 is 0 Å². The monoisotopic (exact) mass is 346 g/mol. The fourth-order valence-corrected chi connectivity index (χ4v) is 2.74. The van der Waals surface area contributed by atoms with Gasteiger partial charge < -0.3 is 14.8 Å². The smallest absolute Gasteiger partial charge is 0.337 e. The van der Waals surface area contributed by atoms with Crippen molar-refractivity contribution < 1.29 is 19.1 Å². The highest BCUT2D eigenvalue weighted by Gasteiger charge is 2.25. The van der Waals surface area contributed by atoms with Crippen LogP contribution in [-0.2, 0) is 11.2 Å². The first-order chi connectivity index (χ1) is 11.6. The van der Waals surface area contributed by atoms with Gasteiger partial charge in [0.05, 0.1) is 24.8 Å². The van der Waals surface area contributed by atoms with E-state index in [2.05, 4.69) is 10.3 Å². The number of carbonyl (C=O) groups is 2. The number of nitrogens with one attached hydrogen (secondary N) is 1. The summed E-state index contributed by atoms with van der Waals surface area (Å²) in [6.07, 6.45) is 1.92. The minimum absolute atomic E-state index is 0.161. The van der Waals surface area contributed by atoms with Crippen LogP contribution in [0.2, 0.25) is 5.15 Å². The van der Waals surface area contributed by atoms with E-state index >= 15 is 0 Å². The molecule has 1 aromatic heterocycles. The lowest BCUT2D eigenvalue weighted by atomic mass is 10.1. The van der Waals surface area contributed by atoms with Crippen molar-refractivity contribution in [3.05, 3.63) is 58.4 Å². The fourth-order valence-electron chi connectivity index (χ4n) is 2.54. The van der Waals surface area contributed by atoms with Gasteiger partial charge in [0.15, 0.2) is 0 Å². The molecule has 0 radical (unpaired) electrons. The Hall–Kier alpha value is -2.60. The second kappa shape index (κ2) is 6.88. The summed E-state index contributed by atoms with van der Waals surface area (Å²) in [6.45, 7) is 0.326. The molecule has 1 amide bonds. The molecule has 0 unspecified atom stereocenters. The molecule has 3 rings (SSSR count). The highest BCUT2D eigenvalue weighted by atomic mass is 35.5. The molecule has 2 aromatic rings. The molecule has 1 atom stereocenters. The number of hydrogen-bond donors (Lipinski definition) is 1. The quantitative estimate of drug-likeness (QED) is 0.678. The summed E-state index contributed by atoms with van der Waals surface area (Å²) in [5.74, 6) is 0.0185. The van der Waals surface area contributed by atoms with Gasteiger partial charge in [-0.3, -0.25) is 4.79 Å². The number of carbonyl (C=O) groups excluding carboxylic acids is 2. The van der Waals surface area contributed by atoms with Crippen LogP contribution >= 0.6 is 11.6 Å². The zero-order valence-corrected chi connectivity index (χ0v) is 13.7. The molecule has 1 N–H and O–H groups in total. The largest absolute Gasteiger partial charge is 0.488 e. The maximum Gasteiger partial charge on any atom is 0.337 e. The molecule has 0 saturated heterocycles. The Bertz CT molecular complexity index is 794. The van der Waals surface area contributed by atoms with Gasteiger partial charge in [0.2, 0.25) is 0 Å². The van der Waals surface area contributed by atoms with Crippen molar-refractivity contribution in [2.45, 2.75) is 12.5 Å². The summed E-state index contributed by atoms with van der Waals surface area (Å²) in [5.41, 5.74) is 1.71. The van der Waals surface area contributed by atoms with Crippen LogP contribution in [0.3, 0.4) is 0 Å². The lowest BCUT2D eigenvalue weighted by molar-refractivity contribution is 0.0600. The fraction of sp³-hybridized carbons (Fsp3) is 0.235. The van der Waals surface area contributed by atoms with Crippen LogP contribution in [0.15, 0.2) is 36.5 Å². The number of fused-ring (bicyclic) bond motifs is 1. The maximum absolute atomic E-state index is 12.1. The average molecular weight is 347 g/mol. The maximum atomic E-state index is 12.1. The molecule has 24 heavy (non-hydrogen) atoms. The first-order valence-corrected chi connectivity index (χ1v) is 7.73. The highest BCUT2D eigenvalue weighted by Crippen LogP contribution is 2.29. The molecule has 124 valence electrons. The van der Waals surface area contributed by atoms with Crippen LogP contribution in [0.25, 0.3) is 0 Å². The Morgan fingerprint density at radius 2 is 2.25 bits per heavy atom. The van der Waals surface area contributed by atoms with Gasteiger partial charge in [0, 0.05) is 12.6 Å². The van der Waals surface area contributed by atoms with E-state index in [0.717, 1.165) is 5.56 Å². The predicted octanol–water partition coefficient (Wildman–Crippen LogP) is 2.26. The minimum Gasteiger partial charge on any atom is -0.488 e. The predicted molar refractivity (Wildman–Crippen MR) is 87.5 cm³/mol. The number of benzene rings is 1. The normalized spacial score (nSPS) is 15.3. The van der Waals surface area contributed by atoms with Crippen molar-refractivity contribution in [1.29, 1.82) is 0 Å². The van der Waals surface area contributed by atoms with Gasteiger partial charge in [-0.2, -0.15) is 0 Å². The third kappa shape index (κ3) is 3.33. The molecule has 1 aliphatic rings. The minimum atomic E-state index is -0.388. The van der Waals surface area contributed by atoms with Gasteiger partial charge in [-0.05, 0) is 35.9 Å². The summed E-state index contributed by atoms with van der Waals surface area (Å²) >= 11 is 5.90. The Balaban J connectivity index is 1.61. The number of amides is 1. The van der Waals surface area contributed by atoms with Crippen molar-refractivity contribution in [3.63, 3.8) is 0 Å². The molecule has 6 nitrogen and oxygen atoms in total. The van der Waals surface area contributed by atoms with E-state index in [1.807, 2.05) is 0 Å². The number of halogens is 1. The molecule has 1 aliphatic heterocycles. The van der Waals surface area contributed by atoms with E-state index in [1.54, 1.807) is 30.3 Å². The van der Waals surface area contributed by atoms with E-state index in [-0.39, 0.29) is 23.1 Å². The van der Waals surface area contributed by atoms with Crippen LogP contribution in [0.5, 0.6) is 5.75 Å². The number of aromatic nitrogens is 1. The lowest BCUT2D eigenvalue weighted by Gasteiger charge is -2.12.